The fourth-order valence-electron chi connectivity index (χ4n) is 2.08. The average molecular weight is 293 g/mol. The Morgan fingerprint density at radius 2 is 1.73 bits per heavy atom. The van der Waals surface area contributed by atoms with Crippen LogP contribution in [0.1, 0.15) is 31.9 Å². The van der Waals surface area contributed by atoms with E-state index in [-0.39, 0.29) is 5.41 Å². The summed E-state index contributed by atoms with van der Waals surface area (Å²) in [6.07, 6.45) is 3.96. The van der Waals surface area contributed by atoms with E-state index in [0.29, 0.717) is 18.0 Å². The Labute approximate surface area is 131 Å². The first kappa shape index (κ1) is 15.8. The van der Waals surface area contributed by atoms with E-state index in [2.05, 4.69) is 50.0 Å². The largest absolute Gasteiger partial charge is 0.482 e. The maximum absolute atomic E-state index is 8.87. The SMILES string of the molecule is CC(C)(C)c1ccc(/C=C/COc2ccccc2[N+]#N)cc1. The van der Waals surface area contributed by atoms with Crippen molar-refractivity contribution in [2.24, 2.45) is 0 Å². The van der Waals surface area contributed by atoms with Crippen LogP contribution in [0, 0.1) is 5.39 Å². The average Bonchev–Trinajstić information content (AvgIpc) is 2.51. The molecule has 0 aromatic heterocycles. The molecule has 0 saturated carbocycles. The minimum absolute atomic E-state index is 0.170. The van der Waals surface area contributed by atoms with Crippen LogP contribution in [-0.2, 0) is 5.41 Å². The normalized spacial score (nSPS) is 11.4. The zero-order valence-corrected chi connectivity index (χ0v) is 13.3. The minimum atomic E-state index is 0.170. The lowest BCUT2D eigenvalue weighted by Crippen LogP contribution is -2.10. The van der Waals surface area contributed by atoms with Gasteiger partial charge in [0.2, 0.25) is 11.1 Å². The highest BCUT2D eigenvalue weighted by atomic mass is 16.5. The Kier molecular flexibility index (Phi) is 4.95. The zero-order chi connectivity index (χ0) is 16.0. The first-order valence-electron chi connectivity index (χ1n) is 7.35. The number of hydrogen-bond donors (Lipinski definition) is 0. The summed E-state index contributed by atoms with van der Waals surface area (Å²) in [6.45, 7) is 7.04. The van der Waals surface area contributed by atoms with Crippen LogP contribution in [0.25, 0.3) is 11.1 Å². The Hall–Kier alpha value is -2.60. The highest BCUT2D eigenvalue weighted by Crippen LogP contribution is 2.26. The van der Waals surface area contributed by atoms with Gasteiger partial charge < -0.3 is 4.74 Å². The van der Waals surface area contributed by atoms with Gasteiger partial charge in [-0.2, -0.15) is 0 Å². The van der Waals surface area contributed by atoms with Gasteiger partial charge in [0.25, 0.3) is 0 Å². The van der Waals surface area contributed by atoms with E-state index in [1.807, 2.05) is 18.2 Å². The van der Waals surface area contributed by atoms with Crippen molar-refractivity contribution in [1.29, 1.82) is 5.39 Å². The second-order valence-corrected chi connectivity index (χ2v) is 6.15. The summed E-state index contributed by atoms with van der Waals surface area (Å²) in [5, 5.41) is 8.87. The maximum atomic E-state index is 8.87. The number of para-hydroxylation sites is 1. The lowest BCUT2D eigenvalue weighted by Gasteiger charge is -2.18. The quantitative estimate of drug-likeness (QED) is 0.692. The zero-order valence-electron chi connectivity index (χ0n) is 13.3. The van der Waals surface area contributed by atoms with E-state index < -0.39 is 0 Å². The molecule has 0 saturated heterocycles. The molecule has 0 amide bonds. The van der Waals surface area contributed by atoms with Gasteiger partial charge in [-0.3, -0.25) is 0 Å². The predicted octanol–water partition coefficient (Wildman–Crippen LogP) is 5.56. The van der Waals surface area contributed by atoms with Gasteiger partial charge in [-0.15, -0.1) is 0 Å². The molecule has 0 N–H and O–H groups in total. The third kappa shape index (κ3) is 4.20. The molecule has 0 aliphatic heterocycles. The van der Waals surface area contributed by atoms with Crippen molar-refractivity contribution >= 4 is 11.8 Å². The van der Waals surface area contributed by atoms with Gasteiger partial charge in [-0.25, -0.2) is 0 Å². The molecule has 2 aromatic rings. The lowest BCUT2D eigenvalue weighted by molar-refractivity contribution is 0.366. The molecule has 0 fully saturated rings. The molecule has 0 unspecified atom stereocenters. The van der Waals surface area contributed by atoms with Gasteiger partial charge in [0, 0.05) is 6.07 Å². The second-order valence-electron chi connectivity index (χ2n) is 6.15. The molecule has 2 aromatic carbocycles. The molecule has 112 valence electrons. The highest BCUT2D eigenvalue weighted by molar-refractivity contribution is 5.56. The molecule has 0 radical (unpaired) electrons. The summed E-state index contributed by atoms with van der Waals surface area (Å²) in [7, 11) is 0. The minimum Gasteiger partial charge on any atom is -0.482 e. The molecule has 22 heavy (non-hydrogen) atoms. The number of ether oxygens (including phenoxy) is 1. The predicted molar refractivity (Wildman–Crippen MR) is 90.9 cm³/mol. The van der Waals surface area contributed by atoms with Gasteiger partial charge >= 0.3 is 5.69 Å². The molecule has 0 aliphatic carbocycles. The van der Waals surface area contributed by atoms with Crippen LogP contribution in [-0.4, -0.2) is 6.61 Å². The summed E-state index contributed by atoms with van der Waals surface area (Å²) in [4.78, 5) is 3.19. The van der Waals surface area contributed by atoms with Crippen molar-refractivity contribution in [2.75, 3.05) is 6.61 Å². The van der Waals surface area contributed by atoms with Gasteiger partial charge in [0.1, 0.15) is 6.61 Å². The van der Waals surface area contributed by atoms with E-state index in [9.17, 15) is 0 Å². The molecule has 0 bridgehead atoms. The van der Waals surface area contributed by atoms with Crippen molar-refractivity contribution in [2.45, 2.75) is 26.2 Å². The Morgan fingerprint density at radius 1 is 1.05 bits per heavy atom. The fraction of sp³-hybridized carbons (Fsp3) is 0.263. The summed E-state index contributed by atoms with van der Waals surface area (Å²) < 4.78 is 5.59. The van der Waals surface area contributed by atoms with Gasteiger partial charge in [-0.05, 0) is 28.7 Å². The number of nitrogens with zero attached hydrogens (tertiary/aromatic N) is 2. The van der Waals surface area contributed by atoms with Crippen molar-refractivity contribution < 1.29 is 4.74 Å². The molecule has 0 aliphatic rings. The molecule has 0 atom stereocenters. The Bertz CT molecular complexity index is 689. The third-order valence-electron chi connectivity index (χ3n) is 3.40. The second kappa shape index (κ2) is 6.91. The fourth-order valence-corrected chi connectivity index (χ4v) is 2.08. The molecule has 2 rings (SSSR count). The van der Waals surface area contributed by atoms with Crippen molar-refractivity contribution in [3.63, 3.8) is 0 Å². The van der Waals surface area contributed by atoms with E-state index in [1.165, 1.54) is 5.56 Å². The van der Waals surface area contributed by atoms with Crippen LogP contribution < -0.4 is 4.74 Å². The summed E-state index contributed by atoms with van der Waals surface area (Å²) >= 11 is 0. The van der Waals surface area contributed by atoms with E-state index >= 15 is 0 Å². The number of hydrogen-bond acceptors (Lipinski definition) is 2. The number of rotatable bonds is 4. The summed E-state index contributed by atoms with van der Waals surface area (Å²) in [6, 6.07) is 15.6. The first-order chi connectivity index (χ1) is 10.5. The van der Waals surface area contributed by atoms with E-state index in [4.69, 9.17) is 10.1 Å². The molecule has 0 heterocycles. The topological polar surface area (TPSA) is 37.4 Å². The first-order valence-corrected chi connectivity index (χ1v) is 7.35. The van der Waals surface area contributed by atoms with Crippen LogP contribution in [0.5, 0.6) is 5.75 Å². The Morgan fingerprint density at radius 3 is 2.36 bits per heavy atom. The molecular weight excluding hydrogens is 272 g/mol. The van der Waals surface area contributed by atoms with Gasteiger partial charge in [-0.1, -0.05) is 63.2 Å². The van der Waals surface area contributed by atoms with Crippen LogP contribution >= 0.6 is 0 Å². The van der Waals surface area contributed by atoms with Crippen LogP contribution in [0.2, 0.25) is 0 Å². The van der Waals surface area contributed by atoms with Crippen LogP contribution in [0.15, 0.2) is 54.6 Å². The Balaban J connectivity index is 1.94. The third-order valence-corrected chi connectivity index (χ3v) is 3.40. The molecular formula is C19H21N2O+. The van der Waals surface area contributed by atoms with Crippen LogP contribution in [0.3, 0.4) is 0 Å². The van der Waals surface area contributed by atoms with E-state index in [0.717, 1.165) is 5.56 Å². The summed E-state index contributed by atoms with van der Waals surface area (Å²) in [5.74, 6) is 0.567. The van der Waals surface area contributed by atoms with E-state index in [1.54, 1.807) is 18.2 Å². The lowest BCUT2D eigenvalue weighted by atomic mass is 9.87. The van der Waals surface area contributed by atoms with Crippen molar-refractivity contribution in [3.8, 4) is 5.75 Å². The number of diazo groups is 1. The van der Waals surface area contributed by atoms with Gasteiger partial charge in [0.15, 0.2) is 4.98 Å². The van der Waals surface area contributed by atoms with Crippen molar-refractivity contribution in [1.82, 2.24) is 0 Å². The standard InChI is InChI=1S/C19H21N2O/c1-19(2,3)16-12-10-15(11-13-16)7-6-14-22-18-9-5-4-8-17(18)21-20/h4-13H,14H2,1-3H3/q+1/b7-6+. The number of benzene rings is 2. The van der Waals surface area contributed by atoms with Crippen molar-refractivity contribution in [3.05, 3.63) is 70.7 Å². The molecule has 3 heteroatoms. The summed E-state index contributed by atoms with van der Waals surface area (Å²) in [5.41, 5.74) is 3.06. The van der Waals surface area contributed by atoms with Crippen LogP contribution in [0.4, 0.5) is 5.69 Å². The van der Waals surface area contributed by atoms with Gasteiger partial charge in [0.05, 0.1) is 0 Å². The molecule has 3 nitrogen and oxygen atoms in total. The highest BCUT2D eigenvalue weighted by Gasteiger charge is 2.13. The maximum Gasteiger partial charge on any atom is 0.426 e. The monoisotopic (exact) mass is 293 g/mol. The molecule has 0 spiro atoms. The smallest absolute Gasteiger partial charge is 0.426 e.